The Morgan fingerprint density at radius 1 is 0.700 bits per heavy atom. The van der Waals surface area contributed by atoms with E-state index in [-0.39, 0.29) is 33.0 Å². The van der Waals surface area contributed by atoms with E-state index in [2.05, 4.69) is 15.4 Å². The number of Topliss-reactive ketones (excluding diaryl/α,β-unsaturated/α-hetero) is 2. The maximum absolute atomic E-state index is 13.4. The lowest BCUT2D eigenvalue weighted by Crippen LogP contribution is -2.36. The van der Waals surface area contributed by atoms with Crippen molar-refractivity contribution in [3.63, 3.8) is 0 Å². The molecule has 0 bridgehead atoms. The highest BCUT2D eigenvalue weighted by atomic mass is 35.5. The van der Waals surface area contributed by atoms with Gasteiger partial charge in [0.2, 0.25) is 11.6 Å². The second-order valence-corrected chi connectivity index (χ2v) is 11.2. The second kappa shape index (κ2) is 10.8. The van der Waals surface area contributed by atoms with Gasteiger partial charge in [-0.2, -0.15) is 0 Å². The fraction of sp³-hybridized carbons (Fsp3) is 0.0333. The summed E-state index contributed by atoms with van der Waals surface area (Å²) < 4.78 is 28.0. The van der Waals surface area contributed by atoms with E-state index in [1.807, 2.05) is 6.92 Å². The van der Waals surface area contributed by atoms with Gasteiger partial charge in [-0.1, -0.05) is 53.6 Å². The van der Waals surface area contributed by atoms with E-state index in [1.165, 1.54) is 48.5 Å². The molecule has 1 aliphatic carbocycles. The Balaban J connectivity index is 1.43. The van der Waals surface area contributed by atoms with E-state index in [0.717, 1.165) is 5.56 Å². The van der Waals surface area contributed by atoms with Gasteiger partial charge in [0, 0.05) is 33.1 Å². The number of carbonyl (C=O) groups is 3. The molecular formula is C30H22ClN3O5S. The van der Waals surface area contributed by atoms with Crippen LogP contribution in [0.25, 0.3) is 0 Å². The number of sulfonamides is 1. The Morgan fingerprint density at radius 3 is 1.85 bits per heavy atom. The van der Waals surface area contributed by atoms with Crippen LogP contribution in [0.15, 0.2) is 113 Å². The van der Waals surface area contributed by atoms with Crippen molar-refractivity contribution in [2.75, 3.05) is 10.0 Å². The molecule has 0 heterocycles. The summed E-state index contributed by atoms with van der Waals surface area (Å²) in [6.45, 7) is 1.86. The van der Waals surface area contributed by atoms with Crippen molar-refractivity contribution >= 4 is 50.5 Å². The number of anilines is 2. The van der Waals surface area contributed by atoms with Gasteiger partial charge in [0.1, 0.15) is 11.4 Å². The molecule has 0 spiro atoms. The van der Waals surface area contributed by atoms with Crippen LogP contribution in [0.4, 0.5) is 11.4 Å². The van der Waals surface area contributed by atoms with Crippen LogP contribution in [0.3, 0.4) is 0 Å². The SMILES string of the molecule is Cc1ccc(S(=O)(=O)Nc2ccc(NC3=C(NC(=O)c4ccc(Cl)cc4)C(=O)c4ccccc4C3=O)cc2)cc1. The largest absolute Gasteiger partial charge is 0.350 e. The van der Waals surface area contributed by atoms with E-state index in [9.17, 15) is 22.8 Å². The predicted octanol–water partition coefficient (Wildman–Crippen LogP) is 5.58. The second-order valence-electron chi connectivity index (χ2n) is 9.04. The molecule has 10 heteroatoms. The minimum atomic E-state index is -3.81. The number of allylic oxidation sites excluding steroid dienone is 2. The number of amides is 1. The number of ketones is 2. The number of nitrogens with one attached hydrogen (secondary N) is 3. The molecule has 0 aliphatic heterocycles. The molecule has 0 aromatic heterocycles. The standard InChI is InChI=1S/C30H22ClN3O5S/c1-18-6-16-23(17-7-18)40(38,39)34-22-14-12-21(13-15-22)32-26-27(33-30(37)19-8-10-20(31)11-9-19)29(36)25-5-3-2-4-24(25)28(26)35/h2-17,32,34H,1H3,(H,33,37). The third-order valence-electron chi connectivity index (χ3n) is 6.20. The Kier molecular flexibility index (Phi) is 7.25. The van der Waals surface area contributed by atoms with Crippen LogP contribution in [0, 0.1) is 6.92 Å². The normalized spacial score (nSPS) is 13.1. The minimum absolute atomic E-state index is 0.112. The average molecular weight is 572 g/mol. The number of hydrogen-bond donors (Lipinski definition) is 3. The van der Waals surface area contributed by atoms with Crippen molar-refractivity contribution in [3.05, 3.63) is 136 Å². The lowest BCUT2D eigenvalue weighted by atomic mass is 9.90. The predicted molar refractivity (Wildman–Crippen MR) is 153 cm³/mol. The monoisotopic (exact) mass is 571 g/mol. The van der Waals surface area contributed by atoms with Gasteiger partial charge in [0.05, 0.1) is 4.90 Å². The summed E-state index contributed by atoms with van der Waals surface area (Å²) in [7, 11) is -3.81. The molecule has 8 nitrogen and oxygen atoms in total. The highest BCUT2D eigenvalue weighted by molar-refractivity contribution is 7.92. The molecule has 5 rings (SSSR count). The summed E-state index contributed by atoms with van der Waals surface area (Å²) in [6, 6.07) is 25.0. The van der Waals surface area contributed by atoms with Crippen LogP contribution in [0.5, 0.6) is 0 Å². The van der Waals surface area contributed by atoms with Crippen LogP contribution in [-0.2, 0) is 10.0 Å². The maximum atomic E-state index is 13.4. The third-order valence-corrected chi connectivity index (χ3v) is 7.85. The van der Waals surface area contributed by atoms with E-state index in [0.29, 0.717) is 16.4 Å². The Bertz CT molecular complexity index is 1780. The molecule has 1 amide bonds. The third kappa shape index (κ3) is 5.51. The number of halogens is 1. The highest BCUT2D eigenvalue weighted by Gasteiger charge is 2.33. The van der Waals surface area contributed by atoms with Crippen molar-refractivity contribution in [1.29, 1.82) is 0 Å². The van der Waals surface area contributed by atoms with E-state index >= 15 is 0 Å². The van der Waals surface area contributed by atoms with Gasteiger partial charge < -0.3 is 10.6 Å². The molecule has 4 aromatic rings. The zero-order chi connectivity index (χ0) is 28.4. The quantitative estimate of drug-likeness (QED) is 0.266. The summed E-state index contributed by atoms with van der Waals surface area (Å²) in [5.74, 6) is -1.60. The number of hydrogen-bond acceptors (Lipinski definition) is 6. The number of benzene rings is 4. The molecule has 0 saturated heterocycles. The summed E-state index contributed by atoms with van der Waals surface area (Å²) in [5, 5.41) is 5.97. The average Bonchev–Trinajstić information content (AvgIpc) is 2.95. The maximum Gasteiger partial charge on any atom is 0.261 e. The van der Waals surface area contributed by atoms with Gasteiger partial charge in [0.25, 0.3) is 15.9 Å². The number of carbonyl (C=O) groups excluding carboxylic acids is 3. The summed E-state index contributed by atoms with van der Waals surface area (Å²) in [4.78, 5) is 39.9. The lowest BCUT2D eigenvalue weighted by Gasteiger charge is -2.22. The number of fused-ring (bicyclic) bond motifs is 1. The Morgan fingerprint density at radius 2 is 1.25 bits per heavy atom. The first kappa shape index (κ1) is 26.9. The van der Waals surface area contributed by atoms with E-state index in [1.54, 1.807) is 48.5 Å². The molecule has 0 fully saturated rings. The summed E-state index contributed by atoms with van der Waals surface area (Å²) >= 11 is 5.92. The van der Waals surface area contributed by atoms with Gasteiger partial charge in [-0.05, 0) is 67.6 Å². The molecule has 40 heavy (non-hydrogen) atoms. The molecule has 0 saturated carbocycles. The van der Waals surface area contributed by atoms with Gasteiger partial charge in [-0.25, -0.2) is 8.42 Å². The Hall–Kier alpha value is -4.73. The van der Waals surface area contributed by atoms with Crippen molar-refractivity contribution in [2.45, 2.75) is 11.8 Å². The summed E-state index contributed by atoms with van der Waals surface area (Å²) in [5.41, 5.74) is 1.94. The minimum Gasteiger partial charge on any atom is -0.350 e. The van der Waals surface area contributed by atoms with Crippen molar-refractivity contribution in [3.8, 4) is 0 Å². The van der Waals surface area contributed by atoms with Crippen LogP contribution in [-0.4, -0.2) is 25.9 Å². The van der Waals surface area contributed by atoms with Gasteiger partial charge >= 0.3 is 0 Å². The van der Waals surface area contributed by atoms with Crippen molar-refractivity contribution < 1.29 is 22.8 Å². The zero-order valence-electron chi connectivity index (χ0n) is 21.1. The topological polar surface area (TPSA) is 121 Å². The molecular weight excluding hydrogens is 550 g/mol. The van der Waals surface area contributed by atoms with Crippen LogP contribution < -0.4 is 15.4 Å². The van der Waals surface area contributed by atoms with Crippen molar-refractivity contribution in [1.82, 2.24) is 5.32 Å². The highest BCUT2D eigenvalue weighted by Crippen LogP contribution is 2.28. The van der Waals surface area contributed by atoms with E-state index in [4.69, 9.17) is 11.6 Å². The first-order valence-electron chi connectivity index (χ1n) is 12.1. The van der Waals surface area contributed by atoms with Gasteiger partial charge in [-0.3, -0.25) is 19.1 Å². The molecule has 0 radical (unpaired) electrons. The summed E-state index contributed by atoms with van der Waals surface area (Å²) in [6.07, 6.45) is 0. The van der Waals surface area contributed by atoms with Crippen LogP contribution >= 0.6 is 11.6 Å². The molecule has 1 aliphatic rings. The zero-order valence-corrected chi connectivity index (χ0v) is 22.6. The Labute approximate surface area is 235 Å². The van der Waals surface area contributed by atoms with E-state index < -0.39 is 27.5 Å². The van der Waals surface area contributed by atoms with Crippen LogP contribution in [0.1, 0.15) is 36.6 Å². The first-order valence-corrected chi connectivity index (χ1v) is 13.9. The van der Waals surface area contributed by atoms with Crippen LogP contribution in [0.2, 0.25) is 5.02 Å². The number of aryl methyl sites for hydroxylation is 1. The lowest BCUT2D eigenvalue weighted by molar-refractivity contribution is 0.0920. The van der Waals surface area contributed by atoms with Gasteiger partial charge in [-0.15, -0.1) is 0 Å². The van der Waals surface area contributed by atoms with Crippen molar-refractivity contribution in [2.24, 2.45) is 0 Å². The molecule has 0 unspecified atom stereocenters. The first-order chi connectivity index (χ1) is 19.1. The molecule has 0 atom stereocenters. The van der Waals surface area contributed by atoms with Gasteiger partial charge in [0.15, 0.2) is 0 Å². The fourth-order valence-electron chi connectivity index (χ4n) is 4.10. The molecule has 200 valence electrons. The fourth-order valence-corrected chi connectivity index (χ4v) is 5.28. The smallest absolute Gasteiger partial charge is 0.261 e. The number of rotatable bonds is 7. The molecule has 3 N–H and O–H groups in total. The molecule has 4 aromatic carbocycles.